The van der Waals surface area contributed by atoms with Gasteiger partial charge in [0.2, 0.25) is 0 Å². The Hall–Kier alpha value is -2.35. The number of aliphatic carboxylic acids is 1. The molecule has 1 amide bonds. The van der Waals surface area contributed by atoms with Crippen molar-refractivity contribution in [1.82, 2.24) is 4.90 Å². The molecule has 1 aliphatic heterocycles. The van der Waals surface area contributed by atoms with E-state index in [1.54, 1.807) is 29.2 Å². The third-order valence-electron chi connectivity index (χ3n) is 3.48. The smallest absolute Gasteiger partial charge is 0.308 e. The van der Waals surface area contributed by atoms with Crippen LogP contribution in [0.15, 0.2) is 24.3 Å². The standard InChI is InChI=1S/C14H14N2O3/c1-9-7-16(8-12(9)14(18)19)13(17)11-4-2-10(6-15)3-5-11/h2-5,9,12H,7-8H2,1H3,(H,18,19)/t9-,12-/m1/s1. The molecular formula is C14H14N2O3. The molecule has 1 aromatic rings. The third kappa shape index (κ3) is 2.58. The lowest BCUT2D eigenvalue weighted by Gasteiger charge is -2.15. The molecule has 5 heteroatoms. The summed E-state index contributed by atoms with van der Waals surface area (Å²) in [5, 5.41) is 17.7. The Kier molecular flexibility index (Phi) is 3.52. The first kappa shape index (κ1) is 13.1. The fraction of sp³-hybridized carbons (Fsp3) is 0.357. The number of carbonyl (C=O) groups excluding carboxylic acids is 1. The van der Waals surface area contributed by atoms with Gasteiger partial charge in [-0.15, -0.1) is 0 Å². The van der Waals surface area contributed by atoms with Gasteiger partial charge in [-0.2, -0.15) is 5.26 Å². The van der Waals surface area contributed by atoms with Gasteiger partial charge >= 0.3 is 5.97 Å². The number of hydrogen-bond donors (Lipinski definition) is 1. The molecule has 0 aliphatic carbocycles. The van der Waals surface area contributed by atoms with Crippen LogP contribution in [-0.2, 0) is 4.79 Å². The maximum absolute atomic E-state index is 12.2. The largest absolute Gasteiger partial charge is 0.481 e. The molecule has 0 bridgehead atoms. The van der Waals surface area contributed by atoms with Crippen molar-refractivity contribution in [2.75, 3.05) is 13.1 Å². The first-order chi connectivity index (χ1) is 9.02. The van der Waals surface area contributed by atoms with E-state index in [9.17, 15) is 9.59 Å². The van der Waals surface area contributed by atoms with Gasteiger partial charge in [0.05, 0.1) is 17.6 Å². The second-order valence-corrected chi connectivity index (χ2v) is 4.82. The van der Waals surface area contributed by atoms with E-state index in [2.05, 4.69) is 0 Å². The lowest BCUT2D eigenvalue weighted by Crippen LogP contribution is -2.29. The average molecular weight is 258 g/mol. The Bertz CT molecular complexity index is 545. The van der Waals surface area contributed by atoms with Crippen LogP contribution < -0.4 is 0 Å². The van der Waals surface area contributed by atoms with E-state index >= 15 is 0 Å². The number of rotatable bonds is 2. The minimum absolute atomic E-state index is 0.0418. The number of amides is 1. The van der Waals surface area contributed by atoms with Gasteiger partial charge in [0, 0.05) is 18.7 Å². The third-order valence-corrected chi connectivity index (χ3v) is 3.48. The first-order valence-electron chi connectivity index (χ1n) is 6.05. The van der Waals surface area contributed by atoms with Crippen molar-refractivity contribution in [2.45, 2.75) is 6.92 Å². The van der Waals surface area contributed by atoms with E-state index in [-0.39, 0.29) is 18.4 Å². The molecule has 19 heavy (non-hydrogen) atoms. The summed E-state index contributed by atoms with van der Waals surface area (Å²) < 4.78 is 0. The van der Waals surface area contributed by atoms with E-state index in [4.69, 9.17) is 10.4 Å². The molecule has 2 atom stereocenters. The minimum atomic E-state index is -0.859. The summed E-state index contributed by atoms with van der Waals surface area (Å²) in [5.41, 5.74) is 0.979. The molecule has 1 heterocycles. The van der Waals surface area contributed by atoms with Gasteiger partial charge < -0.3 is 10.0 Å². The molecule has 98 valence electrons. The van der Waals surface area contributed by atoms with Crippen LogP contribution in [0, 0.1) is 23.2 Å². The van der Waals surface area contributed by atoms with Gasteiger partial charge in [-0.25, -0.2) is 0 Å². The molecule has 0 spiro atoms. The summed E-state index contributed by atoms with van der Waals surface area (Å²) in [5.74, 6) is -1.58. The van der Waals surface area contributed by atoms with Crippen LogP contribution in [0.3, 0.4) is 0 Å². The SMILES string of the molecule is C[C@@H]1CN(C(=O)c2ccc(C#N)cc2)C[C@H]1C(=O)O. The highest BCUT2D eigenvalue weighted by molar-refractivity contribution is 5.95. The van der Waals surface area contributed by atoms with Gasteiger partial charge in [0.1, 0.15) is 0 Å². The predicted octanol–water partition coefficient (Wildman–Crippen LogP) is 1.35. The van der Waals surface area contributed by atoms with Gasteiger partial charge in [0.25, 0.3) is 5.91 Å². The van der Waals surface area contributed by atoms with Crippen LogP contribution in [0.5, 0.6) is 0 Å². The second-order valence-electron chi connectivity index (χ2n) is 4.82. The number of hydrogen-bond acceptors (Lipinski definition) is 3. The lowest BCUT2D eigenvalue weighted by molar-refractivity contribution is -0.142. The Morgan fingerprint density at radius 3 is 2.42 bits per heavy atom. The number of carboxylic acids is 1. The fourth-order valence-corrected chi connectivity index (χ4v) is 2.32. The van der Waals surface area contributed by atoms with Crippen molar-refractivity contribution in [2.24, 2.45) is 11.8 Å². The Morgan fingerprint density at radius 1 is 1.32 bits per heavy atom. The summed E-state index contributed by atoms with van der Waals surface area (Å²) in [7, 11) is 0. The van der Waals surface area contributed by atoms with Crippen LogP contribution in [0.25, 0.3) is 0 Å². The highest BCUT2D eigenvalue weighted by atomic mass is 16.4. The molecule has 1 fully saturated rings. The van der Waals surface area contributed by atoms with E-state index in [1.165, 1.54) is 0 Å². The molecule has 0 unspecified atom stereocenters. The number of likely N-dealkylation sites (tertiary alicyclic amines) is 1. The van der Waals surface area contributed by atoms with Crippen molar-refractivity contribution >= 4 is 11.9 Å². The van der Waals surface area contributed by atoms with Crippen LogP contribution in [0.2, 0.25) is 0 Å². The number of carbonyl (C=O) groups is 2. The van der Waals surface area contributed by atoms with Crippen molar-refractivity contribution in [3.05, 3.63) is 35.4 Å². The van der Waals surface area contributed by atoms with E-state index in [1.807, 2.05) is 13.0 Å². The Morgan fingerprint density at radius 2 is 1.95 bits per heavy atom. The molecule has 0 radical (unpaired) electrons. The molecule has 2 rings (SSSR count). The fourth-order valence-electron chi connectivity index (χ4n) is 2.32. The molecule has 1 N–H and O–H groups in total. The van der Waals surface area contributed by atoms with Crippen molar-refractivity contribution in [3.8, 4) is 6.07 Å². The number of benzene rings is 1. The highest BCUT2D eigenvalue weighted by Crippen LogP contribution is 2.24. The van der Waals surface area contributed by atoms with E-state index < -0.39 is 11.9 Å². The van der Waals surface area contributed by atoms with Gasteiger partial charge in [0.15, 0.2) is 0 Å². The zero-order valence-electron chi connectivity index (χ0n) is 10.5. The summed E-state index contributed by atoms with van der Waals surface area (Å²) in [6.45, 7) is 2.54. The van der Waals surface area contributed by atoms with Crippen LogP contribution in [0.1, 0.15) is 22.8 Å². The average Bonchev–Trinajstić information content (AvgIpc) is 2.80. The summed E-state index contributed by atoms with van der Waals surface area (Å²) in [6.07, 6.45) is 0. The summed E-state index contributed by atoms with van der Waals surface area (Å²) >= 11 is 0. The number of nitriles is 1. The summed E-state index contributed by atoms with van der Waals surface area (Å²) in [4.78, 5) is 24.8. The van der Waals surface area contributed by atoms with Crippen LogP contribution in [0.4, 0.5) is 0 Å². The highest BCUT2D eigenvalue weighted by Gasteiger charge is 2.37. The van der Waals surface area contributed by atoms with Crippen LogP contribution in [-0.4, -0.2) is 35.0 Å². The molecule has 5 nitrogen and oxygen atoms in total. The molecule has 1 saturated heterocycles. The van der Waals surface area contributed by atoms with Gasteiger partial charge in [-0.1, -0.05) is 6.92 Å². The van der Waals surface area contributed by atoms with Gasteiger partial charge in [-0.05, 0) is 30.2 Å². The van der Waals surface area contributed by atoms with E-state index in [0.717, 1.165) is 0 Å². The number of carboxylic acid groups (broad SMARTS) is 1. The molecular weight excluding hydrogens is 244 g/mol. The lowest BCUT2D eigenvalue weighted by atomic mass is 9.99. The monoisotopic (exact) mass is 258 g/mol. The second kappa shape index (κ2) is 5.11. The quantitative estimate of drug-likeness (QED) is 0.868. The normalized spacial score (nSPS) is 22.0. The molecule has 0 saturated carbocycles. The maximum Gasteiger partial charge on any atom is 0.308 e. The molecule has 1 aliphatic rings. The number of nitrogens with zero attached hydrogens (tertiary/aromatic N) is 2. The predicted molar refractivity (Wildman–Crippen MR) is 67.4 cm³/mol. The van der Waals surface area contributed by atoms with Gasteiger partial charge in [-0.3, -0.25) is 9.59 Å². The van der Waals surface area contributed by atoms with Crippen molar-refractivity contribution in [1.29, 1.82) is 5.26 Å². The first-order valence-corrected chi connectivity index (χ1v) is 6.05. The minimum Gasteiger partial charge on any atom is -0.481 e. The Balaban J connectivity index is 2.12. The zero-order chi connectivity index (χ0) is 14.0. The van der Waals surface area contributed by atoms with Crippen molar-refractivity contribution in [3.63, 3.8) is 0 Å². The zero-order valence-corrected chi connectivity index (χ0v) is 10.5. The summed E-state index contributed by atoms with van der Waals surface area (Å²) in [6, 6.07) is 8.35. The van der Waals surface area contributed by atoms with Crippen molar-refractivity contribution < 1.29 is 14.7 Å². The molecule has 1 aromatic carbocycles. The molecule has 0 aromatic heterocycles. The Labute approximate surface area is 111 Å². The van der Waals surface area contributed by atoms with E-state index in [0.29, 0.717) is 17.7 Å². The maximum atomic E-state index is 12.2. The topological polar surface area (TPSA) is 81.4 Å². The van der Waals surface area contributed by atoms with Crippen LogP contribution >= 0.6 is 0 Å².